The van der Waals surface area contributed by atoms with E-state index in [9.17, 15) is 14.0 Å². The van der Waals surface area contributed by atoms with Crippen LogP contribution in [0.4, 0.5) is 4.39 Å². The molecule has 2 heterocycles. The number of nitrogens with one attached hydrogen (secondary N) is 1. The van der Waals surface area contributed by atoms with Gasteiger partial charge in [0.05, 0.1) is 5.39 Å². The maximum atomic E-state index is 12.8. The Morgan fingerprint density at radius 3 is 2.74 bits per heavy atom. The van der Waals surface area contributed by atoms with Crippen molar-refractivity contribution in [1.29, 1.82) is 0 Å². The van der Waals surface area contributed by atoms with Crippen LogP contribution >= 0.6 is 0 Å². The van der Waals surface area contributed by atoms with Crippen molar-refractivity contribution in [1.82, 2.24) is 19.9 Å². The number of halogens is 1. The Balaban J connectivity index is 1.69. The molecule has 0 aliphatic carbocycles. The average Bonchev–Trinajstić information content (AvgIpc) is 2.57. The molecule has 0 saturated heterocycles. The number of aromatic nitrogens is 3. The maximum Gasteiger partial charge on any atom is 0.263 e. The Hall–Kier alpha value is -3.09. The number of benzene rings is 1. The SMILES string of the molecule is O=C(Cn1cnc2ncccc2c1=O)NCc1ccc(F)cc1. The third-order valence-electron chi connectivity index (χ3n) is 3.31. The fraction of sp³-hybridized carbons (Fsp3) is 0.125. The minimum absolute atomic E-state index is 0.141. The molecular formula is C16H13FN4O2. The lowest BCUT2D eigenvalue weighted by atomic mass is 10.2. The quantitative estimate of drug-likeness (QED) is 0.786. The van der Waals surface area contributed by atoms with Gasteiger partial charge in [0, 0.05) is 12.7 Å². The molecule has 0 spiro atoms. The van der Waals surface area contributed by atoms with Crippen LogP contribution < -0.4 is 10.9 Å². The molecule has 2 aromatic heterocycles. The van der Waals surface area contributed by atoms with Gasteiger partial charge in [-0.1, -0.05) is 12.1 Å². The molecule has 1 N–H and O–H groups in total. The lowest BCUT2D eigenvalue weighted by molar-refractivity contribution is -0.121. The summed E-state index contributed by atoms with van der Waals surface area (Å²) in [6, 6.07) is 9.09. The summed E-state index contributed by atoms with van der Waals surface area (Å²) in [5.41, 5.74) is 0.799. The van der Waals surface area contributed by atoms with Gasteiger partial charge in [0.2, 0.25) is 5.91 Å². The number of pyridine rings is 1. The van der Waals surface area contributed by atoms with Crippen LogP contribution in [0.5, 0.6) is 0 Å². The molecule has 3 aromatic rings. The summed E-state index contributed by atoms with van der Waals surface area (Å²) in [5.74, 6) is -0.663. The first-order valence-electron chi connectivity index (χ1n) is 6.95. The predicted octanol–water partition coefficient (Wildman–Crippen LogP) is 1.25. The number of nitrogens with zero attached hydrogens (tertiary/aromatic N) is 3. The molecule has 0 saturated carbocycles. The highest BCUT2D eigenvalue weighted by Gasteiger charge is 2.08. The first kappa shape index (κ1) is 14.8. The van der Waals surface area contributed by atoms with Crippen LogP contribution in [0.1, 0.15) is 5.56 Å². The highest BCUT2D eigenvalue weighted by atomic mass is 19.1. The molecule has 1 amide bonds. The van der Waals surface area contributed by atoms with Crippen LogP contribution in [0.3, 0.4) is 0 Å². The van der Waals surface area contributed by atoms with Gasteiger partial charge in [0.15, 0.2) is 5.65 Å². The summed E-state index contributed by atoms with van der Waals surface area (Å²) in [6.45, 7) is 0.119. The van der Waals surface area contributed by atoms with E-state index in [2.05, 4.69) is 15.3 Å². The standard InChI is InChI=1S/C16H13FN4O2/c17-12-5-3-11(4-6-12)8-19-14(22)9-21-10-20-15-13(16(21)23)2-1-7-18-15/h1-7,10H,8-9H2,(H,19,22). The van der Waals surface area contributed by atoms with E-state index in [4.69, 9.17) is 0 Å². The number of hydrogen-bond donors (Lipinski definition) is 1. The van der Waals surface area contributed by atoms with Gasteiger partial charge < -0.3 is 5.32 Å². The number of carbonyl (C=O) groups is 1. The van der Waals surface area contributed by atoms with E-state index in [1.807, 2.05) is 0 Å². The predicted molar refractivity (Wildman–Crippen MR) is 82.0 cm³/mol. The largest absolute Gasteiger partial charge is 0.350 e. The summed E-state index contributed by atoms with van der Waals surface area (Å²) >= 11 is 0. The van der Waals surface area contributed by atoms with Gasteiger partial charge in [0.25, 0.3) is 5.56 Å². The Kier molecular flexibility index (Phi) is 4.09. The summed E-state index contributed by atoms with van der Waals surface area (Å²) in [6.07, 6.45) is 2.85. The van der Waals surface area contributed by atoms with Gasteiger partial charge >= 0.3 is 0 Å². The van der Waals surface area contributed by atoms with Crippen LogP contribution in [-0.2, 0) is 17.9 Å². The van der Waals surface area contributed by atoms with Gasteiger partial charge in [-0.2, -0.15) is 0 Å². The minimum atomic E-state index is -0.332. The lowest BCUT2D eigenvalue weighted by Crippen LogP contribution is -2.32. The fourth-order valence-electron chi connectivity index (χ4n) is 2.12. The Morgan fingerprint density at radius 2 is 1.96 bits per heavy atom. The lowest BCUT2D eigenvalue weighted by Gasteiger charge is -2.08. The molecule has 7 heteroatoms. The van der Waals surface area contributed by atoms with E-state index < -0.39 is 0 Å². The third-order valence-corrected chi connectivity index (χ3v) is 3.31. The summed E-state index contributed by atoms with van der Waals surface area (Å²) in [4.78, 5) is 32.2. The van der Waals surface area contributed by atoms with Gasteiger partial charge in [0.1, 0.15) is 18.7 Å². The number of fused-ring (bicyclic) bond motifs is 1. The zero-order valence-electron chi connectivity index (χ0n) is 12.1. The van der Waals surface area contributed by atoms with Crippen LogP contribution in [0.2, 0.25) is 0 Å². The van der Waals surface area contributed by atoms with Crippen molar-refractivity contribution in [3.8, 4) is 0 Å². The van der Waals surface area contributed by atoms with Crippen molar-refractivity contribution in [2.75, 3.05) is 0 Å². The zero-order valence-corrected chi connectivity index (χ0v) is 12.1. The molecule has 0 fully saturated rings. The van der Waals surface area contributed by atoms with E-state index in [0.717, 1.165) is 5.56 Å². The average molecular weight is 312 g/mol. The summed E-state index contributed by atoms with van der Waals surface area (Å²) in [7, 11) is 0. The minimum Gasteiger partial charge on any atom is -0.350 e. The van der Waals surface area contributed by atoms with Crippen molar-refractivity contribution < 1.29 is 9.18 Å². The molecule has 0 unspecified atom stereocenters. The van der Waals surface area contributed by atoms with Crippen LogP contribution in [-0.4, -0.2) is 20.4 Å². The van der Waals surface area contributed by atoms with Gasteiger partial charge in [-0.25, -0.2) is 14.4 Å². The molecule has 0 bridgehead atoms. The number of amides is 1. The smallest absolute Gasteiger partial charge is 0.263 e. The molecule has 3 rings (SSSR count). The second-order valence-electron chi connectivity index (χ2n) is 4.96. The second kappa shape index (κ2) is 6.35. The molecule has 0 aliphatic rings. The van der Waals surface area contributed by atoms with Gasteiger partial charge in [-0.3, -0.25) is 14.2 Å². The molecular weight excluding hydrogens is 299 g/mol. The molecule has 23 heavy (non-hydrogen) atoms. The Bertz CT molecular complexity index is 906. The van der Waals surface area contributed by atoms with Crippen molar-refractivity contribution in [2.45, 2.75) is 13.1 Å². The van der Waals surface area contributed by atoms with Gasteiger partial charge in [-0.15, -0.1) is 0 Å². The van der Waals surface area contributed by atoms with Gasteiger partial charge in [-0.05, 0) is 29.8 Å². The number of hydrogen-bond acceptors (Lipinski definition) is 4. The third kappa shape index (κ3) is 3.39. The van der Waals surface area contributed by atoms with Crippen molar-refractivity contribution in [3.05, 3.63) is 70.7 Å². The molecule has 6 nitrogen and oxygen atoms in total. The normalized spacial score (nSPS) is 10.7. The first-order chi connectivity index (χ1) is 11.1. The van der Waals surface area contributed by atoms with Crippen LogP contribution in [0.15, 0.2) is 53.7 Å². The van der Waals surface area contributed by atoms with E-state index in [1.54, 1.807) is 30.5 Å². The van der Waals surface area contributed by atoms with E-state index in [0.29, 0.717) is 11.0 Å². The monoisotopic (exact) mass is 312 g/mol. The summed E-state index contributed by atoms with van der Waals surface area (Å²) in [5, 5.41) is 3.04. The number of rotatable bonds is 4. The Morgan fingerprint density at radius 1 is 1.17 bits per heavy atom. The maximum absolute atomic E-state index is 12.8. The molecule has 0 aliphatic heterocycles. The number of carbonyl (C=O) groups excluding carboxylic acids is 1. The van der Waals surface area contributed by atoms with Crippen molar-refractivity contribution >= 4 is 16.9 Å². The molecule has 116 valence electrons. The molecule has 0 radical (unpaired) electrons. The van der Waals surface area contributed by atoms with E-state index in [-0.39, 0.29) is 30.4 Å². The van der Waals surface area contributed by atoms with Crippen molar-refractivity contribution in [3.63, 3.8) is 0 Å². The molecule has 1 aromatic carbocycles. The summed E-state index contributed by atoms with van der Waals surface area (Å²) < 4.78 is 14.0. The second-order valence-corrected chi connectivity index (χ2v) is 4.96. The van der Waals surface area contributed by atoms with E-state index >= 15 is 0 Å². The molecule has 0 atom stereocenters. The van der Waals surface area contributed by atoms with Crippen LogP contribution in [0, 0.1) is 5.82 Å². The van der Waals surface area contributed by atoms with E-state index in [1.165, 1.54) is 23.0 Å². The highest BCUT2D eigenvalue weighted by Crippen LogP contribution is 2.03. The van der Waals surface area contributed by atoms with Crippen LogP contribution in [0.25, 0.3) is 11.0 Å². The highest BCUT2D eigenvalue weighted by molar-refractivity contribution is 5.77. The van der Waals surface area contributed by atoms with Crippen molar-refractivity contribution in [2.24, 2.45) is 0 Å². The zero-order chi connectivity index (χ0) is 16.2. The fourth-order valence-corrected chi connectivity index (χ4v) is 2.12. The first-order valence-corrected chi connectivity index (χ1v) is 6.95. The Labute approximate surface area is 130 Å². The topological polar surface area (TPSA) is 76.9 Å².